The van der Waals surface area contributed by atoms with Crippen LogP contribution in [0, 0.1) is 0 Å². The second kappa shape index (κ2) is 5.95. The van der Waals surface area contributed by atoms with Crippen LogP contribution in [-0.2, 0) is 0 Å². The van der Waals surface area contributed by atoms with E-state index in [-0.39, 0.29) is 0 Å². The fourth-order valence-corrected chi connectivity index (χ4v) is 4.66. The zero-order valence-corrected chi connectivity index (χ0v) is 16.6. The molecule has 132 valence electrons. The molecule has 0 aliphatic carbocycles. The summed E-state index contributed by atoms with van der Waals surface area (Å²) in [4.78, 5) is 0. The summed E-state index contributed by atoms with van der Waals surface area (Å²) in [7, 11) is 0. The van der Waals surface area contributed by atoms with Gasteiger partial charge in [0.25, 0.3) is 0 Å². The summed E-state index contributed by atoms with van der Waals surface area (Å²) >= 11 is 3.61. The van der Waals surface area contributed by atoms with Gasteiger partial charge in [-0.25, -0.2) is 0 Å². The van der Waals surface area contributed by atoms with E-state index in [9.17, 15) is 0 Å². The van der Waals surface area contributed by atoms with Crippen molar-refractivity contribution in [1.29, 1.82) is 0 Å². The Hall–Kier alpha value is -3.10. The second-order valence-electron chi connectivity index (χ2n) is 7.24. The molecule has 6 aromatic rings. The molecule has 1 heterocycles. The summed E-state index contributed by atoms with van der Waals surface area (Å²) in [6.45, 7) is 0. The van der Waals surface area contributed by atoms with Crippen LogP contribution in [0.4, 0.5) is 0 Å². The molecule has 6 rings (SSSR count). The SMILES string of the molecule is Brc1ccc2cc3c(cc2c1)c1ccccc1n3-c1ccc2ccccc2c1. The Morgan fingerprint density at radius 3 is 2.18 bits per heavy atom. The van der Waals surface area contributed by atoms with E-state index in [1.165, 1.54) is 49.0 Å². The summed E-state index contributed by atoms with van der Waals surface area (Å²) < 4.78 is 3.50. The highest BCUT2D eigenvalue weighted by Crippen LogP contribution is 2.36. The van der Waals surface area contributed by atoms with Crippen LogP contribution in [0.15, 0.2) is 102 Å². The average molecular weight is 422 g/mol. The first-order valence-electron chi connectivity index (χ1n) is 9.40. The van der Waals surface area contributed by atoms with Gasteiger partial charge in [-0.05, 0) is 64.0 Å². The highest BCUT2D eigenvalue weighted by molar-refractivity contribution is 9.10. The van der Waals surface area contributed by atoms with Crippen LogP contribution in [0.2, 0.25) is 0 Å². The number of halogens is 1. The molecule has 0 N–H and O–H groups in total. The third-order valence-corrected chi connectivity index (χ3v) is 6.08. The Morgan fingerprint density at radius 1 is 0.500 bits per heavy atom. The van der Waals surface area contributed by atoms with Gasteiger partial charge in [0.05, 0.1) is 11.0 Å². The van der Waals surface area contributed by atoms with Crippen molar-refractivity contribution in [2.75, 3.05) is 0 Å². The molecule has 0 saturated heterocycles. The van der Waals surface area contributed by atoms with Crippen LogP contribution in [-0.4, -0.2) is 4.57 Å². The maximum atomic E-state index is 3.61. The molecule has 0 spiro atoms. The van der Waals surface area contributed by atoms with Crippen LogP contribution in [0.25, 0.3) is 49.0 Å². The van der Waals surface area contributed by atoms with E-state index < -0.39 is 0 Å². The van der Waals surface area contributed by atoms with Crippen LogP contribution in [0.3, 0.4) is 0 Å². The van der Waals surface area contributed by atoms with Crippen LogP contribution in [0.1, 0.15) is 0 Å². The fourth-order valence-electron chi connectivity index (χ4n) is 4.28. The number of nitrogens with zero attached hydrogens (tertiary/aromatic N) is 1. The van der Waals surface area contributed by atoms with E-state index in [4.69, 9.17) is 0 Å². The summed E-state index contributed by atoms with van der Waals surface area (Å²) in [6.07, 6.45) is 0. The number of rotatable bonds is 1. The molecule has 0 radical (unpaired) electrons. The van der Waals surface area contributed by atoms with Gasteiger partial charge in [-0.1, -0.05) is 70.5 Å². The average Bonchev–Trinajstić information content (AvgIpc) is 3.05. The van der Waals surface area contributed by atoms with Gasteiger partial charge in [-0.2, -0.15) is 0 Å². The molecule has 0 saturated carbocycles. The quantitative estimate of drug-likeness (QED) is 0.254. The number of hydrogen-bond acceptors (Lipinski definition) is 0. The molecule has 0 fully saturated rings. The Kier molecular flexibility index (Phi) is 3.38. The lowest BCUT2D eigenvalue weighted by molar-refractivity contribution is 1.19. The van der Waals surface area contributed by atoms with Crippen LogP contribution in [0.5, 0.6) is 0 Å². The smallest absolute Gasteiger partial charge is 0.0547 e. The molecular weight excluding hydrogens is 406 g/mol. The molecular formula is C26H16BrN. The number of benzene rings is 5. The Balaban J connectivity index is 1.77. The Labute approximate surface area is 171 Å². The lowest BCUT2D eigenvalue weighted by atomic mass is 10.1. The first kappa shape index (κ1) is 15.9. The number of para-hydroxylation sites is 1. The minimum absolute atomic E-state index is 1.11. The fraction of sp³-hybridized carbons (Fsp3) is 0. The van der Waals surface area contributed by atoms with Crippen molar-refractivity contribution in [3.63, 3.8) is 0 Å². The van der Waals surface area contributed by atoms with Crippen molar-refractivity contribution in [1.82, 2.24) is 4.57 Å². The molecule has 1 nitrogen and oxygen atoms in total. The van der Waals surface area contributed by atoms with Gasteiger partial charge < -0.3 is 4.57 Å². The molecule has 0 bridgehead atoms. The molecule has 5 aromatic carbocycles. The van der Waals surface area contributed by atoms with E-state index in [0.717, 1.165) is 4.47 Å². The van der Waals surface area contributed by atoms with Crippen molar-refractivity contribution in [3.8, 4) is 5.69 Å². The third kappa shape index (κ3) is 2.31. The monoisotopic (exact) mass is 421 g/mol. The number of hydrogen-bond donors (Lipinski definition) is 0. The Morgan fingerprint density at radius 2 is 1.25 bits per heavy atom. The molecule has 0 amide bonds. The number of aromatic nitrogens is 1. The van der Waals surface area contributed by atoms with Gasteiger partial charge in [0, 0.05) is 20.9 Å². The highest BCUT2D eigenvalue weighted by atomic mass is 79.9. The lowest BCUT2D eigenvalue weighted by Gasteiger charge is -2.10. The second-order valence-corrected chi connectivity index (χ2v) is 8.16. The van der Waals surface area contributed by atoms with Gasteiger partial charge in [0.15, 0.2) is 0 Å². The first-order valence-corrected chi connectivity index (χ1v) is 10.2. The van der Waals surface area contributed by atoms with Gasteiger partial charge in [0.2, 0.25) is 0 Å². The van der Waals surface area contributed by atoms with Crippen LogP contribution < -0.4 is 0 Å². The standard InChI is InChI=1S/C26H16BrN/c27-21-11-9-19-16-26-24(15-20(19)13-21)23-7-3-4-8-25(23)28(26)22-12-10-17-5-1-2-6-18(17)14-22/h1-16H. The zero-order valence-electron chi connectivity index (χ0n) is 15.1. The van der Waals surface area contributed by atoms with E-state index >= 15 is 0 Å². The number of fused-ring (bicyclic) bond motifs is 5. The molecule has 28 heavy (non-hydrogen) atoms. The maximum Gasteiger partial charge on any atom is 0.0547 e. The van der Waals surface area contributed by atoms with E-state index in [2.05, 4.69) is 118 Å². The molecule has 0 atom stereocenters. The molecule has 2 heteroatoms. The largest absolute Gasteiger partial charge is 0.309 e. The molecule has 1 aromatic heterocycles. The predicted molar refractivity (Wildman–Crippen MR) is 123 cm³/mol. The van der Waals surface area contributed by atoms with Crippen molar-refractivity contribution >= 4 is 59.3 Å². The summed E-state index contributed by atoms with van der Waals surface area (Å²) in [5.41, 5.74) is 3.68. The topological polar surface area (TPSA) is 4.93 Å². The Bertz CT molecular complexity index is 1520. The maximum absolute atomic E-state index is 3.61. The van der Waals surface area contributed by atoms with Crippen molar-refractivity contribution in [3.05, 3.63) is 102 Å². The normalized spacial score (nSPS) is 11.8. The van der Waals surface area contributed by atoms with Gasteiger partial charge in [0.1, 0.15) is 0 Å². The van der Waals surface area contributed by atoms with E-state index in [1.807, 2.05) is 0 Å². The minimum atomic E-state index is 1.11. The minimum Gasteiger partial charge on any atom is -0.309 e. The summed E-state index contributed by atoms with van der Waals surface area (Å²) in [5, 5.41) is 7.60. The van der Waals surface area contributed by atoms with E-state index in [0.29, 0.717) is 0 Å². The van der Waals surface area contributed by atoms with Crippen LogP contribution >= 0.6 is 15.9 Å². The van der Waals surface area contributed by atoms with Gasteiger partial charge in [-0.15, -0.1) is 0 Å². The lowest BCUT2D eigenvalue weighted by Crippen LogP contribution is -1.93. The first-order chi connectivity index (χ1) is 13.8. The third-order valence-electron chi connectivity index (χ3n) is 5.58. The molecule has 0 unspecified atom stereocenters. The van der Waals surface area contributed by atoms with Crippen molar-refractivity contribution < 1.29 is 0 Å². The zero-order chi connectivity index (χ0) is 18.7. The summed E-state index contributed by atoms with van der Waals surface area (Å²) in [5.74, 6) is 0. The highest BCUT2D eigenvalue weighted by Gasteiger charge is 2.13. The van der Waals surface area contributed by atoms with E-state index in [1.54, 1.807) is 0 Å². The molecule has 0 aliphatic heterocycles. The molecule has 0 aliphatic rings. The summed E-state index contributed by atoms with van der Waals surface area (Å²) in [6, 6.07) is 35.0. The van der Waals surface area contributed by atoms with Gasteiger partial charge >= 0.3 is 0 Å². The van der Waals surface area contributed by atoms with Crippen molar-refractivity contribution in [2.24, 2.45) is 0 Å². The van der Waals surface area contributed by atoms with Crippen molar-refractivity contribution in [2.45, 2.75) is 0 Å². The van der Waals surface area contributed by atoms with Gasteiger partial charge in [-0.3, -0.25) is 0 Å². The predicted octanol–water partition coefficient (Wildman–Crippen LogP) is 7.85.